The number of H-pyrrole nitrogens is 1. The molecule has 2 rings (SSSR count). The number of amides is 1. The Balaban J connectivity index is 0.000000308. The van der Waals surface area contributed by atoms with Crippen LogP contribution in [0.4, 0.5) is 0 Å². The van der Waals surface area contributed by atoms with E-state index in [2.05, 4.69) is 46.2 Å². The summed E-state index contributed by atoms with van der Waals surface area (Å²) in [4.78, 5) is 16.6. The number of aromatic nitrogens is 2. The van der Waals surface area contributed by atoms with Crippen molar-refractivity contribution in [2.45, 2.75) is 65.0 Å². The molecule has 0 bridgehead atoms. The second-order valence-electron chi connectivity index (χ2n) is 8.42. The Morgan fingerprint density at radius 1 is 1.31 bits per heavy atom. The summed E-state index contributed by atoms with van der Waals surface area (Å²) in [6.45, 7) is 8.65. The first kappa shape index (κ1) is 25.6. The number of carbonyl (C=O) groups is 1. The van der Waals surface area contributed by atoms with Gasteiger partial charge in [-0.1, -0.05) is 33.1 Å². The van der Waals surface area contributed by atoms with Crippen LogP contribution in [-0.4, -0.2) is 79.4 Å². The van der Waals surface area contributed by atoms with Crippen LogP contribution in [0.1, 0.15) is 57.9 Å². The number of hydrogen-bond acceptors (Lipinski definition) is 5. The van der Waals surface area contributed by atoms with E-state index < -0.39 is 0 Å². The topological polar surface area (TPSA) is 73.5 Å². The molecule has 1 aliphatic carbocycles. The van der Waals surface area contributed by atoms with Gasteiger partial charge in [0.25, 0.3) is 0 Å². The van der Waals surface area contributed by atoms with E-state index in [1.807, 2.05) is 19.4 Å². The third kappa shape index (κ3) is 11.4. The molecule has 1 saturated carbocycles. The molecule has 1 aromatic rings. The van der Waals surface area contributed by atoms with Crippen LogP contribution in [0.15, 0.2) is 12.4 Å². The number of ether oxygens (including phenoxy) is 1. The second-order valence-corrected chi connectivity index (χ2v) is 8.42. The first-order valence-electron chi connectivity index (χ1n) is 11.1. The number of rotatable bonds is 11. The molecule has 0 radical (unpaired) electrons. The van der Waals surface area contributed by atoms with Gasteiger partial charge in [-0.15, -0.1) is 0 Å². The van der Waals surface area contributed by atoms with E-state index in [0.29, 0.717) is 30.9 Å². The number of carbonyl (C=O) groups excluding carboxylic acids is 1. The van der Waals surface area contributed by atoms with E-state index in [9.17, 15) is 4.79 Å². The molecule has 7 heteroatoms. The Morgan fingerprint density at radius 2 is 2.03 bits per heavy atom. The van der Waals surface area contributed by atoms with Crippen molar-refractivity contribution in [1.82, 2.24) is 25.3 Å². The molecule has 29 heavy (non-hydrogen) atoms. The van der Waals surface area contributed by atoms with Gasteiger partial charge in [0.2, 0.25) is 5.91 Å². The summed E-state index contributed by atoms with van der Waals surface area (Å²) in [6.07, 6.45) is 10.7. The van der Waals surface area contributed by atoms with Crippen LogP contribution < -0.4 is 5.32 Å². The standard InChI is InChI=1S/C14H27NO2.C8H16N4/c1-12(2)11-14(16)15(9-10-17-3)13-7-5-4-6-8-13;1-9-3-4-12(2)7-8-5-10-11-6-8/h12-13H,4-11H2,1-3H3;5-6,9H,3-4,7H2,1-2H3,(H,10,11). The summed E-state index contributed by atoms with van der Waals surface area (Å²) in [7, 11) is 5.77. The van der Waals surface area contributed by atoms with Crippen LogP contribution in [0, 0.1) is 5.92 Å². The summed E-state index contributed by atoms with van der Waals surface area (Å²) in [5.74, 6) is 0.750. The zero-order valence-corrected chi connectivity index (χ0v) is 19.2. The molecular weight excluding hydrogens is 366 g/mol. The maximum atomic E-state index is 12.2. The number of nitrogens with zero attached hydrogens (tertiary/aromatic N) is 3. The molecule has 1 fully saturated rings. The highest BCUT2D eigenvalue weighted by molar-refractivity contribution is 5.76. The van der Waals surface area contributed by atoms with Crippen molar-refractivity contribution in [3.63, 3.8) is 0 Å². The smallest absolute Gasteiger partial charge is 0.223 e. The average Bonchev–Trinajstić information content (AvgIpc) is 3.20. The highest BCUT2D eigenvalue weighted by atomic mass is 16.5. The fourth-order valence-electron chi connectivity index (χ4n) is 3.62. The molecule has 0 unspecified atom stereocenters. The molecule has 1 amide bonds. The molecular formula is C22H43N5O2. The van der Waals surface area contributed by atoms with Crippen molar-refractivity contribution >= 4 is 5.91 Å². The minimum Gasteiger partial charge on any atom is -0.383 e. The van der Waals surface area contributed by atoms with Crippen LogP contribution in [-0.2, 0) is 16.1 Å². The predicted molar refractivity (Wildman–Crippen MR) is 119 cm³/mol. The van der Waals surface area contributed by atoms with Crippen LogP contribution in [0.25, 0.3) is 0 Å². The molecule has 0 spiro atoms. The minimum absolute atomic E-state index is 0.309. The quantitative estimate of drug-likeness (QED) is 0.588. The Morgan fingerprint density at radius 3 is 2.59 bits per heavy atom. The summed E-state index contributed by atoms with van der Waals surface area (Å²) in [6, 6.07) is 0.463. The highest BCUT2D eigenvalue weighted by Crippen LogP contribution is 2.23. The van der Waals surface area contributed by atoms with Gasteiger partial charge in [0.15, 0.2) is 0 Å². The lowest BCUT2D eigenvalue weighted by Gasteiger charge is -2.34. The summed E-state index contributed by atoms with van der Waals surface area (Å²) in [5, 5.41) is 9.80. The van der Waals surface area contributed by atoms with E-state index >= 15 is 0 Å². The van der Waals surface area contributed by atoms with E-state index in [1.165, 1.54) is 37.7 Å². The Kier molecular flexibility index (Phi) is 13.6. The lowest BCUT2D eigenvalue weighted by Crippen LogP contribution is -2.43. The van der Waals surface area contributed by atoms with Gasteiger partial charge in [0.1, 0.15) is 0 Å². The van der Waals surface area contributed by atoms with Crippen molar-refractivity contribution in [1.29, 1.82) is 0 Å². The molecule has 0 aliphatic heterocycles. The van der Waals surface area contributed by atoms with Crippen molar-refractivity contribution in [3.8, 4) is 0 Å². The molecule has 2 N–H and O–H groups in total. The zero-order chi connectivity index (χ0) is 21.5. The second kappa shape index (κ2) is 15.4. The van der Waals surface area contributed by atoms with Gasteiger partial charge in [-0.3, -0.25) is 9.89 Å². The van der Waals surface area contributed by atoms with Crippen molar-refractivity contribution < 1.29 is 9.53 Å². The molecule has 0 atom stereocenters. The minimum atomic E-state index is 0.309. The van der Waals surface area contributed by atoms with Gasteiger partial charge in [0, 0.05) is 57.5 Å². The maximum Gasteiger partial charge on any atom is 0.223 e. The lowest BCUT2D eigenvalue weighted by molar-refractivity contribution is -0.135. The van der Waals surface area contributed by atoms with E-state index in [0.717, 1.165) is 26.2 Å². The molecule has 168 valence electrons. The third-order valence-corrected chi connectivity index (χ3v) is 5.21. The van der Waals surface area contributed by atoms with E-state index in [1.54, 1.807) is 7.11 Å². The largest absolute Gasteiger partial charge is 0.383 e. The Hall–Kier alpha value is -1.44. The number of nitrogens with one attached hydrogen (secondary N) is 2. The van der Waals surface area contributed by atoms with Gasteiger partial charge >= 0.3 is 0 Å². The molecule has 1 aromatic heterocycles. The molecule has 1 heterocycles. The van der Waals surface area contributed by atoms with Gasteiger partial charge in [-0.25, -0.2) is 0 Å². The van der Waals surface area contributed by atoms with Crippen LogP contribution in [0.2, 0.25) is 0 Å². The van der Waals surface area contributed by atoms with Gasteiger partial charge < -0.3 is 19.9 Å². The van der Waals surface area contributed by atoms with E-state index in [4.69, 9.17) is 4.74 Å². The fraction of sp³-hybridized carbons (Fsp3) is 0.818. The van der Waals surface area contributed by atoms with Gasteiger partial charge in [-0.2, -0.15) is 5.10 Å². The zero-order valence-electron chi connectivity index (χ0n) is 19.2. The summed E-state index contributed by atoms with van der Waals surface area (Å²) < 4.78 is 5.12. The number of methoxy groups -OCH3 is 1. The predicted octanol–water partition coefficient (Wildman–Crippen LogP) is 2.90. The third-order valence-electron chi connectivity index (χ3n) is 5.21. The van der Waals surface area contributed by atoms with Crippen molar-refractivity contribution in [3.05, 3.63) is 18.0 Å². The van der Waals surface area contributed by atoms with E-state index in [-0.39, 0.29) is 0 Å². The highest BCUT2D eigenvalue weighted by Gasteiger charge is 2.25. The van der Waals surface area contributed by atoms with Crippen LogP contribution in [0.3, 0.4) is 0 Å². The molecule has 0 saturated heterocycles. The Labute approximate surface area is 177 Å². The number of hydrogen-bond donors (Lipinski definition) is 2. The molecule has 0 aromatic carbocycles. The molecule has 7 nitrogen and oxygen atoms in total. The van der Waals surface area contributed by atoms with Crippen LogP contribution in [0.5, 0.6) is 0 Å². The Bertz CT molecular complexity index is 515. The van der Waals surface area contributed by atoms with Crippen molar-refractivity contribution in [2.75, 3.05) is 47.4 Å². The summed E-state index contributed by atoms with van der Waals surface area (Å²) >= 11 is 0. The monoisotopic (exact) mass is 409 g/mol. The average molecular weight is 410 g/mol. The number of aromatic amines is 1. The molecule has 1 aliphatic rings. The lowest BCUT2D eigenvalue weighted by atomic mass is 9.93. The SMILES string of the molecule is CNCCN(C)Cc1cn[nH]c1.COCCN(C(=O)CC(C)C)C1CCCCC1. The number of likely N-dealkylation sites (N-methyl/N-ethyl adjacent to an activating group) is 2. The van der Waals surface area contributed by atoms with Crippen LogP contribution >= 0.6 is 0 Å². The maximum absolute atomic E-state index is 12.2. The summed E-state index contributed by atoms with van der Waals surface area (Å²) in [5.41, 5.74) is 1.23. The van der Waals surface area contributed by atoms with Crippen molar-refractivity contribution in [2.24, 2.45) is 5.92 Å². The normalized spacial score (nSPS) is 14.7. The first-order chi connectivity index (χ1) is 14.0. The van der Waals surface area contributed by atoms with Gasteiger partial charge in [-0.05, 0) is 32.9 Å². The van der Waals surface area contributed by atoms with Gasteiger partial charge in [0.05, 0.1) is 12.8 Å². The first-order valence-corrected chi connectivity index (χ1v) is 11.1. The fourth-order valence-corrected chi connectivity index (χ4v) is 3.62.